The number of hydrogen-bond acceptors (Lipinski definition) is 3. The summed E-state index contributed by atoms with van der Waals surface area (Å²) in [7, 11) is 3.99. The summed E-state index contributed by atoms with van der Waals surface area (Å²) >= 11 is 6.07. The Balaban J connectivity index is 1.94. The molecule has 0 saturated heterocycles. The van der Waals surface area contributed by atoms with E-state index in [2.05, 4.69) is 15.5 Å². The Bertz CT molecular complexity index is 773. The lowest BCUT2D eigenvalue weighted by molar-refractivity contribution is 0.0950. The molecule has 0 aliphatic heterocycles. The van der Waals surface area contributed by atoms with Crippen LogP contribution in [0.5, 0.6) is 0 Å². The van der Waals surface area contributed by atoms with Crippen LogP contribution in [0.4, 0.5) is 5.69 Å². The molecule has 2 N–H and O–H groups in total. The summed E-state index contributed by atoms with van der Waals surface area (Å²) in [4.78, 5) is 26.5. The van der Waals surface area contributed by atoms with Gasteiger partial charge in [0.2, 0.25) is 0 Å². The summed E-state index contributed by atoms with van der Waals surface area (Å²) in [5, 5.41) is 6.32. The second-order valence-corrected chi connectivity index (χ2v) is 6.76. The number of carbonyl (C=O) groups excluding carboxylic acids is 2. The summed E-state index contributed by atoms with van der Waals surface area (Å²) in [6.45, 7) is 3.39. The van der Waals surface area contributed by atoms with Crippen LogP contribution in [0, 0.1) is 6.92 Å². The van der Waals surface area contributed by atoms with E-state index in [1.54, 1.807) is 42.5 Å². The zero-order valence-electron chi connectivity index (χ0n) is 15.3. The molecule has 6 heteroatoms. The normalized spacial score (nSPS) is 10.7. The lowest BCUT2D eigenvalue weighted by Crippen LogP contribution is -2.27. The van der Waals surface area contributed by atoms with E-state index < -0.39 is 0 Å². The molecular formula is C20H24ClN3O2. The molecule has 0 bridgehead atoms. The molecule has 2 aromatic rings. The van der Waals surface area contributed by atoms with Crippen molar-refractivity contribution in [2.75, 3.05) is 32.5 Å². The third-order valence-corrected chi connectivity index (χ3v) is 4.40. The third kappa shape index (κ3) is 5.58. The number of rotatable bonds is 7. The summed E-state index contributed by atoms with van der Waals surface area (Å²) in [6.07, 6.45) is 0.887. The molecule has 2 aromatic carbocycles. The van der Waals surface area contributed by atoms with Gasteiger partial charge in [0.15, 0.2) is 0 Å². The number of nitrogens with zero attached hydrogens (tertiary/aromatic N) is 1. The van der Waals surface area contributed by atoms with E-state index in [4.69, 9.17) is 11.6 Å². The first-order chi connectivity index (χ1) is 12.4. The second-order valence-electron chi connectivity index (χ2n) is 6.36. The van der Waals surface area contributed by atoms with Crippen molar-refractivity contribution in [3.63, 3.8) is 0 Å². The van der Waals surface area contributed by atoms with Crippen molar-refractivity contribution in [1.82, 2.24) is 10.2 Å². The number of amides is 2. The van der Waals surface area contributed by atoms with E-state index in [-0.39, 0.29) is 11.8 Å². The maximum Gasteiger partial charge on any atom is 0.255 e. The summed E-state index contributed by atoms with van der Waals surface area (Å²) < 4.78 is 0. The van der Waals surface area contributed by atoms with E-state index in [0.717, 1.165) is 18.5 Å². The molecule has 0 atom stereocenters. The summed E-state index contributed by atoms with van der Waals surface area (Å²) in [6, 6.07) is 12.0. The van der Waals surface area contributed by atoms with Crippen LogP contribution in [0.3, 0.4) is 0 Å². The van der Waals surface area contributed by atoms with Gasteiger partial charge >= 0.3 is 0 Å². The smallest absolute Gasteiger partial charge is 0.255 e. The van der Waals surface area contributed by atoms with Crippen LogP contribution in [-0.2, 0) is 0 Å². The van der Waals surface area contributed by atoms with Crippen LogP contribution in [0.25, 0.3) is 0 Å². The molecule has 26 heavy (non-hydrogen) atoms. The van der Waals surface area contributed by atoms with Crippen LogP contribution in [0.15, 0.2) is 42.5 Å². The summed E-state index contributed by atoms with van der Waals surface area (Å²) in [5.41, 5.74) is 2.50. The highest BCUT2D eigenvalue weighted by Crippen LogP contribution is 2.23. The van der Waals surface area contributed by atoms with E-state index in [1.165, 1.54) is 0 Å². The number of halogens is 1. The predicted molar refractivity (Wildman–Crippen MR) is 106 cm³/mol. The van der Waals surface area contributed by atoms with Crippen molar-refractivity contribution in [2.45, 2.75) is 13.3 Å². The average Bonchev–Trinajstić information content (AvgIpc) is 2.62. The van der Waals surface area contributed by atoms with Crippen molar-refractivity contribution in [2.24, 2.45) is 0 Å². The first kappa shape index (κ1) is 19.9. The minimum atomic E-state index is -0.242. The molecule has 0 aliphatic carbocycles. The largest absolute Gasteiger partial charge is 0.352 e. The van der Waals surface area contributed by atoms with Gasteiger partial charge in [-0.25, -0.2) is 0 Å². The molecule has 0 spiro atoms. The molecule has 0 heterocycles. The molecule has 0 aromatic heterocycles. The monoisotopic (exact) mass is 373 g/mol. The van der Waals surface area contributed by atoms with Crippen LogP contribution in [-0.4, -0.2) is 43.9 Å². The standard InChI is InChI=1S/C20H24ClN3O2/c1-14-17(21)6-4-7-18(14)23-20(26)16-10-8-15(9-11-16)19(25)22-12-5-13-24(2)3/h4,6-11H,5,12-13H2,1-3H3,(H,22,25)(H,23,26). The zero-order chi connectivity index (χ0) is 19.1. The topological polar surface area (TPSA) is 61.4 Å². The molecule has 0 aliphatic rings. The Morgan fingerprint density at radius 3 is 2.23 bits per heavy atom. The maximum absolute atomic E-state index is 12.4. The first-order valence-electron chi connectivity index (χ1n) is 8.48. The third-order valence-electron chi connectivity index (χ3n) is 3.99. The van der Waals surface area contributed by atoms with Crippen molar-refractivity contribution in [3.8, 4) is 0 Å². The Morgan fingerprint density at radius 1 is 1.00 bits per heavy atom. The number of carbonyl (C=O) groups is 2. The van der Waals surface area contributed by atoms with Gasteiger partial charge in [-0.3, -0.25) is 9.59 Å². The van der Waals surface area contributed by atoms with Crippen LogP contribution in [0.1, 0.15) is 32.7 Å². The fourth-order valence-electron chi connectivity index (χ4n) is 2.41. The van der Waals surface area contributed by atoms with Gasteiger partial charge in [-0.2, -0.15) is 0 Å². The minimum Gasteiger partial charge on any atom is -0.352 e. The van der Waals surface area contributed by atoms with Gasteiger partial charge in [0.05, 0.1) is 0 Å². The van der Waals surface area contributed by atoms with Crippen LogP contribution < -0.4 is 10.6 Å². The maximum atomic E-state index is 12.4. The molecule has 2 rings (SSSR count). The van der Waals surface area contributed by atoms with Crippen LogP contribution in [0.2, 0.25) is 5.02 Å². The SMILES string of the molecule is Cc1c(Cl)cccc1NC(=O)c1ccc(C(=O)NCCCN(C)C)cc1. The zero-order valence-corrected chi connectivity index (χ0v) is 16.1. The number of benzene rings is 2. The molecule has 138 valence electrons. The van der Waals surface area contributed by atoms with E-state index in [1.807, 2.05) is 21.0 Å². The van der Waals surface area contributed by atoms with Gasteiger partial charge < -0.3 is 15.5 Å². The quantitative estimate of drug-likeness (QED) is 0.729. The Hall–Kier alpha value is -2.37. The van der Waals surface area contributed by atoms with Gasteiger partial charge in [0.25, 0.3) is 11.8 Å². The molecule has 0 radical (unpaired) electrons. The predicted octanol–water partition coefficient (Wildman–Crippen LogP) is 3.58. The van der Waals surface area contributed by atoms with Crippen molar-refractivity contribution in [3.05, 3.63) is 64.2 Å². The van der Waals surface area contributed by atoms with Crippen molar-refractivity contribution >= 4 is 29.1 Å². The van der Waals surface area contributed by atoms with Gasteiger partial charge in [-0.05, 0) is 75.9 Å². The van der Waals surface area contributed by atoms with Gasteiger partial charge in [0, 0.05) is 28.4 Å². The molecule has 0 unspecified atom stereocenters. The van der Waals surface area contributed by atoms with Gasteiger partial charge in [-0.1, -0.05) is 17.7 Å². The highest BCUT2D eigenvalue weighted by molar-refractivity contribution is 6.31. The lowest BCUT2D eigenvalue weighted by Gasteiger charge is -2.11. The highest BCUT2D eigenvalue weighted by atomic mass is 35.5. The average molecular weight is 374 g/mol. The minimum absolute atomic E-state index is 0.138. The molecule has 0 saturated carbocycles. The Labute approximate surface area is 159 Å². The first-order valence-corrected chi connectivity index (χ1v) is 8.85. The van der Waals surface area contributed by atoms with Crippen molar-refractivity contribution in [1.29, 1.82) is 0 Å². The molecule has 2 amide bonds. The highest BCUT2D eigenvalue weighted by Gasteiger charge is 2.11. The van der Waals surface area contributed by atoms with E-state index in [9.17, 15) is 9.59 Å². The molecular weight excluding hydrogens is 350 g/mol. The number of anilines is 1. The van der Waals surface area contributed by atoms with Crippen molar-refractivity contribution < 1.29 is 9.59 Å². The summed E-state index contributed by atoms with van der Waals surface area (Å²) in [5.74, 6) is -0.380. The van der Waals surface area contributed by atoms with Gasteiger partial charge in [-0.15, -0.1) is 0 Å². The fraction of sp³-hybridized carbons (Fsp3) is 0.300. The lowest BCUT2D eigenvalue weighted by atomic mass is 10.1. The Morgan fingerprint density at radius 2 is 1.62 bits per heavy atom. The van der Waals surface area contributed by atoms with Crippen LogP contribution >= 0.6 is 11.6 Å². The molecule has 5 nitrogen and oxygen atoms in total. The molecule has 0 fully saturated rings. The van der Waals surface area contributed by atoms with Gasteiger partial charge in [0.1, 0.15) is 0 Å². The van der Waals surface area contributed by atoms with E-state index in [0.29, 0.717) is 28.4 Å². The Kier molecular flexibility index (Phi) is 7.18. The number of hydrogen-bond donors (Lipinski definition) is 2. The fourth-order valence-corrected chi connectivity index (χ4v) is 2.58. The van der Waals surface area contributed by atoms with E-state index >= 15 is 0 Å². The second kappa shape index (κ2) is 9.36. The number of nitrogens with one attached hydrogen (secondary N) is 2.